The van der Waals surface area contributed by atoms with E-state index >= 15 is 0 Å². The second-order valence-electron chi connectivity index (χ2n) is 6.37. The predicted octanol–water partition coefficient (Wildman–Crippen LogP) is 5.23. The fraction of sp³-hybridized carbons (Fsp3) is 0.286. The molecule has 25 heavy (non-hydrogen) atoms. The number of aromatic nitrogens is 4. The van der Waals surface area contributed by atoms with E-state index < -0.39 is 0 Å². The van der Waals surface area contributed by atoms with Crippen LogP contribution in [0.25, 0.3) is 33.7 Å². The van der Waals surface area contributed by atoms with Crippen LogP contribution in [0.2, 0.25) is 0 Å². The number of aryl methyl sites for hydroxylation is 1. The lowest BCUT2D eigenvalue weighted by Gasteiger charge is -2.08. The Morgan fingerprint density at radius 2 is 1.48 bits per heavy atom. The summed E-state index contributed by atoms with van der Waals surface area (Å²) in [6.07, 6.45) is 4.86. The molecule has 4 nitrogen and oxygen atoms in total. The van der Waals surface area contributed by atoms with Gasteiger partial charge in [0.15, 0.2) is 11.3 Å². The van der Waals surface area contributed by atoms with Crippen molar-refractivity contribution in [3.8, 4) is 11.4 Å². The lowest BCUT2D eigenvalue weighted by atomic mass is 10.2. The van der Waals surface area contributed by atoms with Gasteiger partial charge in [-0.05, 0) is 18.6 Å². The number of rotatable bonds is 6. The van der Waals surface area contributed by atoms with Crippen LogP contribution in [0.5, 0.6) is 0 Å². The van der Waals surface area contributed by atoms with E-state index in [1.807, 2.05) is 42.5 Å². The van der Waals surface area contributed by atoms with Crippen molar-refractivity contribution in [3.63, 3.8) is 0 Å². The zero-order valence-electron chi connectivity index (χ0n) is 14.5. The minimum absolute atomic E-state index is 0.730. The van der Waals surface area contributed by atoms with Gasteiger partial charge in [-0.15, -0.1) is 0 Å². The maximum absolute atomic E-state index is 4.86. The minimum Gasteiger partial charge on any atom is -0.307 e. The van der Waals surface area contributed by atoms with Crippen molar-refractivity contribution in [1.82, 2.24) is 19.5 Å². The number of unbranched alkanes of at least 4 members (excludes halogenated alkanes) is 3. The Bertz CT molecular complexity index is 989. The molecule has 4 heteroatoms. The average Bonchev–Trinajstić information content (AvgIpc) is 3.01. The number of imidazole rings is 1. The average molecular weight is 330 g/mol. The zero-order chi connectivity index (χ0) is 17.1. The van der Waals surface area contributed by atoms with Crippen LogP contribution in [-0.2, 0) is 6.54 Å². The largest absolute Gasteiger partial charge is 0.307 e. The predicted molar refractivity (Wildman–Crippen MR) is 102 cm³/mol. The van der Waals surface area contributed by atoms with Crippen LogP contribution < -0.4 is 0 Å². The van der Waals surface area contributed by atoms with Crippen molar-refractivity contribution in [2.24, 2.45) is 0 Å². The first-order valence-corrected chi connectivity index (χ1v) is 9.05. The van der Waals surface area contributed by atoms with Gasteiger partial charge in [-0.2, -0.15) is 0 Å². The van der Waals surface area contributed by atoms with Crippen LogP contribution in [0.15, 0.2) is 54.6 Å². The highest BCUT2D eigenvalue weighted by atomic mass is 15.2. The molecule has 2 aromatic carbocycles. The lowest BCUT2D eigenvalue weighted by molar-refractivity contribution is 0.592. The van der Waals surface area contributed by atoms with E-state index in [2.05, 4.69) is 23.6 Å². The van der Waals surface area contributed by atoms with E-state index in [0.717, 1.165) is 46.7 Å². The van der Waals surface area contributed by atoms with Gasteiger partial charge in [-0.1, -0.05) is 68.7 Å². The third kappa shape index (κ3) is 3.12. The van der Waals surface area contributed by atoms with E-state index in [1.165, 1.54) is 19.3 Å². The molecule has 0 spiro atoms. The second-order valence-corrected chi connectivity index (χ2v) is 6.37. The van der Waals surface area contributed by atoms with E-state index in [4.69, 9.17) is 15.0 Å². The molecule has 0 aliphatic rings. The molecule has 2 heterocycles. The summed E-state index contributed by atoms with van der Waals surface area (Å²) in [6.45, 7) is 3.16. The first-order valence-electron chi connectivity index (χ1n) is 9.05. The first-order chi connectivity index (χ1) is 12.4. The van der Waals surface area contributed by atoms with Gasteiger partial charge in [0.05, 0.1) is 11.0 Å². The summed E-state index contributed by atoms with van der Waals surface area (Å²) >= 11 is 0. The highest BCUT2D eigenvalue weighted by molar-refractivity contribution is 5.84. The molecule has 126 valence electrons. The molecule has 0 amide bonds. The SMILES string of the molecule is CCCCCCn1c(-c2ccccc2)nc2nc3ccccc3nc21. The van der Waals surface area contributed by atoms with Crippen LogP contribution in [0, 0.1) is 0 Å². The van der Waals surface area contributed by atoms with Crippen LogP contribution in [0.4, 0.5) is 0 Å². The van der Waals surface area contributed by atoms with Gasteiger partial charge < -0.3 is 4.57 Å². The molecule has 4 rings (SSSR count). The van der Waals surface area contributed by atoms with Gasteiger partial charge in [0, 0.05) is 12.1 Å². The lowest BCUT2D eigenvalue weighted by Crippen LogP contribution is -2.02. The number of nitrogens with zero attached hydrogens (tertiary/aromatic N) is 4. The van der Waals surface area contributed by atoms with E-state index in [1.54, 1.807) is 0 Å². The molecule has 0 saturated heterocycles. The minimum atomic E-state index is 0.730. The molecule has 0 saturated carbocycles. The summed E-state index contributed by atoms with van der Waals surface area (Å²) in [5, 5.41) is 0. The fourth-order valence-corrected chi connectivity index (χ4v) is 3.21. The van der Waals surface area contributed by atoms with Crippen LogP contribution >= 0.6 is 0 Å². The molecule has 0 unspecified atom stereocenters. The van der Waals surface area contributed by atoms with Crippen LogP contribution in [-0.4, -0.2) is 19.5 Å². The van der Waals surface area contributed by atoms with Gasteiger partial charge in [-0.25, -0.2) is 15.0 Å². The molecular formula is C21H22N4. The van der Waals surface area contributed by atoms with E-state index in [-0.39, 0.29) is 0 Å². The van der Waals surface area contributed by atoms with Gasteiger partial charge in [0.1, 0.15) is 5.82 Å². The van der Waals surface area contributed by atoms with Crippen molar-refractivity contribution in [3.05, 3.63) is 54.6 Å². The van der Waals surface area contributed by atoms with Gasteiger partial charge >= 0.3 is 0 Å². The Morgan fingerprint density at radius 1 is 0.760 bits per heavy atom. The molecule has 0 aliphatic heterocycles. The summed E-state index contributed by atoms with van der Waals surface area (Å²) in [7, 11) is 0. The summed E-state index contributed by atoms with van der Waals surface area (Å²) < 4.78 is 2.24. The smallest absolute Gasteiger partial charge is 0.198 e. The Labute approximate surface area is 147 Å². The Balaban J connectivity index is 1.85. The molecule has 0 radical (unpaired) electrons. The maximum Gasteiger partial charge on any atom is 0.198 e. The standard InChI is InChI=1S/C21H22N4/c1-2-3-4-10-15-25-20(16-11-6-5-7-12-16)24-19-21(25)23-18-14-9-8-13-17(18)22-19/h5-9,11-14H,2-4,10,15H2,1H3. The Morgan fingerprint density at radius 3 is 2.24 bits per heavy atom. The van der Waals surface area contributed by atoms with Crippen LogP contribution in [0.3, 0.4) is 0 Å². The molecule has 0 fully saturated rings. The Hall–Kier alpha value is -2.75. The monoisotopic (exact) mass is 330 g/mol. The van der Waals surface area contributed by atoms with Gasteiger partial charge in [0.2, 0.25) is 0 Å². The number of hydrogen-bond acceptors (Lipinski definition) is 3. The van der Waals surface area contributed by atoms with Crippen molar-refractivity contribution in [2.75, 3.05) is 0 Å². The molecule has 0 bridgehead atoms. The molecular weight excluding hydrogens is 308 g/mol. The summed E-state index contributed by atoms with van der Waals surface area (Å²) in [5.74, 6) is 0.961. The van der Waals surface area contributed by atoms with E-state index in [9.17, 15) is 0 Å². The first kappa shape index (κ1) is 15.8. The van der Waals surface area contributed by atoms with Crippen molar-refractivity contribution in [2.45, 2.75) is 39.2 Å². The van der Waals surface area contributed by atoms with Crippen molar-refractivity contribution >= 4 is 22.3 Å². The third-order valence-corrected chi connectivity index (χ3v) is 4.52. The summed E-state index contributed by atoms with van der Waals surface area (Å²) in [4.78, 5) is 14.4. The maximum atomic E-state index is 4.86. The van der Waals surface area contributed by atoms with Gasteiger partial charge in [-0.3, -0.25) is 0 Å². The number of para-hydroxylation sites is 2. The molecule has 2 aromatic heterocycles. The van der Waals surface area contributed by atoms with Gasteiger partial charge in [0.25, 0.3) is 0 Å². The fourth-order valence-electron chi connectivity index (χ4n) is 3.21. The molecule has 0 atom stereocenters. The van der Waals surface area contributed by atoms with Crippen molar-refractivity contribution in [1.29, 1.82) is 0 Å². The summed E-state index contributed by atoms with van der Waals surface area (Å²) in [5.41, 5.74) is 4.54. The second kappa shape index (κ2) is 7.01. The third-order valence-electron chi connectivity index (χ3n) is 4.52. The number of benzene rings is 2. The molecule has 0 aliphatic carbocycles. The quantitative estimate of drug-likeness (QED) is 0.455. The zero-order valence-corrected chi connectivity index (χ0v) is 14.5. The van der Waals surface area contributed by atoms with Crippen LogP contribution in [0.1, 0.15) is 32.6 Å². The number of fused-ring (bicyclic) bond motifs is 2. The number of hydrogen-bond donors (Lipinski definition) is 0. The molecule has 0 N–H and O–H groups in total. The topological polar surface area (TPSA) is 43.6 Å². The highest BCUT2D eigenvalue weighted by Crippen LogP contribution is 2.25. The molecule has 4 aromatic rings. The normalized spacial score (nSPS) is 11.4. The van der Waals surface area contributed by atoms with E-state index in [0.29, 0.717) is 0 Å². The highest BCUT2D eigenvalue weighted by Gasteiger charge is 2.15. The van der Waals surface area contributed by atoms with Crippen molar-refractivity contribution < 1.29 is 0 Å². The Kier molecular flexibility index (Phi) is 4.42. The summed E-state index contributed by atoms with van der Waals surface area (Å²) in [6, 6.07) is 18.3.